The number of ether oxygens (including phenoxy) is 2. The number of methoxy groups -OCH3 is 1. The molecule has 5 rings (SSSR count). The van der Waals surface area contributed by atoms with Crippen LogP contribution in [0.2, 0.25) is 0 Å². The Hall–Kier alpha value is -3.34. The molecule has 0 spiro atoms. The number of carbonyl (C=O) groups excluding carboxylic acids is 1. The van der Waals surface area contributed by atoms with Crippen molar-refractivity contribution in [3.8, 4) is 11.5 Å². The van der Waals surface area contributed by atoms with Crippen molar-refractivity contribution in [2.24, 2.45) is 22.4 Å². The van der Waals surface area contributed by atoms with E-state index in [1.165, 1.54) is 23.6 Å². The zero-order chi connectivity index (χ0) is 22.8. The van der Waals surface area contributed by atoms with E-state index in [9.17, 15) is 4.79 Å². The van der Waals surface area contributed by atoms with E-state index in [2.05, 4.69) is 41.7 Å². The smallest absolute Gasteiger partial charge is 0.244 e. The van der Waals surface area contributed by atoms with Crippen LogP contribution in [0.3, 0.4) is 0 Å². The van der Waals surface area contributed by atoms with Crippen LogP contribution in [0, 0.1) is 17.3 Å². The van der Waals surface area contributed by atoms with Crippen LogP contribution in [0.15, 0.2) is 65.8 Å². The molecule has 0 bridgehead atoms. The van der Waals surface area contributed by atoms with Gasteiger partial charge in [0.15, 0.2) is 11.5 Å². The molecule has 2 aliphatic carbocycles. The maximum absolute atomic E-state index is 12.6. The lowest BCUT2D eigenvalue weighted by molar-refractivity contribution is -0.123. The van der Waals surface area contributed by atoms with Crippen molar-refractivity contribution >= 4 is 22.9 Å². The molecule has 33 heavy (non-hydrogen) atoms. The maximum atomic E-state index is 12.6. The third kappa shape index (κ3) is 4.20. The average Bonchev–Trinajstić information content (AvgIpc) is 3.48. The van der Waals surface area contributed by atoms with Crippen molar-refractivity contribution in [1.29, 1.82) is 0 Å². The van der Waals surface area contributed by atoms with E-state index >= 15 is 0 Å². The van der Waals surface area contributed by atoms with Gasteiger partial charge in [-0.3, -0.25) is 4.79 Å². The lowest BCUT2D eigenvalue weighted by atomic mass is 9.90. The molecule has 5 heteroatoms. The predicted octanol–water partition coefficient (Wildman–Crippen LogP) is 5.70. The molecule has 2 aliphatic rings. The molecule has 3 atom stereocenters. The van der Waals surface area contributed by atoms with Gasteiger partial charge in [-0.15, -0.1) is 0 Å². The minimum absolute atomic E-state index is 0.0441. The second-order valence-corrected chi connectivity index (χ2v) is 9.41. The van der Waals surface area contributed by atoms with Crippen molar-refractivity contribution in [2.75, 3.05) is 7.11 Å². The van der Waals surface area contributed by atoms with Gasteiger partial charge in [-0.25, -0.2) is 5.43 Å². The van der Waals surface area contributed by atoms with E-state index in [-0.39, 0.29) is 17.2 Å². The molecule has 0 unspecified atom stereocenters. The van der Waals surface area contributed by atoms with Crippen molar-refractivity contribution in [3.05, 3.63) is 71.8 Å². The van der Waals surface area contributed by atoms with Gasteiger partial charge in [0, 0.05) is 5.92 Å². The van der Waals surface area contributed by atoms with Gasteiger partial charge in [0.2, 0.25) is 5.91 Å². The Morgan fingerprint density at radius 3 is 2.79 bits per heavy atom. The summed E-state index contributed by atoms with van der Waals surface area (Å²) in [5, 5.41) is 6.58. The highest BCUT2D eigenvalue weighted by molar-refractivity contribution is 5.87. The molecule has 170 valence electrons. The summed E-state index contributed by atoms with van der Waals surface area (Å²) in [7, 11) is 1.62. The normalized spacial score (nSPS) is 23.8. The first kappa shape index (κ1) is 21.5. The first-order valence-electron chi connectivity index (χ1n) is 11.7. The molecule has 5 nitrogen and oxygen atoms in total. The van der Waals surface area contributed by atoms with Gasteiger partial charge in [0.05, 0.1) is 13.3 Å². The minimum atomic E-state index is 0.0441. The molecule has 3 aromatic carbocycles. The second-order valence-electron chi connectivity index (χ2n) is 9.41. The lowest BCUT2D eigenvalue weighted by Crippen LogP contribution is -2.22. The molecule has 0 saturated heterocycles. The van der Waals surface area contributed by atoms with Gasteiger partial charge in [0.1, 0.15) is 6.61 Å². The number of benzene rings is 3. The van der Waals surface area contributed by atoms with Gasteiger partial charge in [0.25, 0.3) is 0 Å². The molecular weight excluding hydrogens is 412 g/mol. The third-order valence-electron chi connectivity index (χ3n) is 7.45. The summed E-state index contributed by atoms with van der Waals surface area (Å²) < 4.78 is 11.6. The number of fused-ring (bicyclic) bond motifs is 2. The Morgan fingerprint density at radius 2 is 1.97 bits per heavy atom. The molecule has 3 aromatic rings. The molecule has 1 amide bonds. The zero-order valence-corrected chi connectivity index (χ0v) is 19.2. The fraction of sp³-hybridized carbons (Fsp3) is 0.357. The Labute approximate surface area is 194 Å². The Kier molecular flexibility index (Phi) is 5.79. The third-order valence-corrected chi connectivity index (χ3v) is 7.45. The van der Waals surface area contributed by atoms with E-state index in [4.69, 9.17) is 9.47 Å². The summed E-state index contributed by atoms with van der Waals surface area (Å²) in [6.07, 6.45) is 6.44. The SMILES string of the molecule is COc1cc(/C=N\NC(=O)[C@@H]2[C@H]3CCCC[C@]32C)ccc1OCc1cccc2ccccc12. The highest BCUT2D eigenvalue weighted by Gasteiger charge is 2.64. The largest absolute Gasteiger partial charge is 0.493 e. The van der Waals surface area contributed by atoms with Crippen LogP contribution in [0.5, 0.6) is 11.5 Å². The summed E-state index contributed by atoms with van der Waals surface area (Å²) in [4.78, 5) is 12.6. The van der Waals surface area contributed by atoms with Crippen LogP contribution >= 0.6 is 0 Å². The number of rotatable bonds is 7. The van der Waals surface area contributed by atoms with Crippen molar-refractivity contribution in [3.63, 3.8) is 0 Å². The van der Waals surface area contributed by atoms with Gasteiger partial charge < -0.3 is 9.47 Å². The molecule has 0 aromatic heterocycles. The number of hydrogen-bond acceptors (Lipinski definition) is 4. The van der Waals surface area contributed by atoms with Gasteiger partial charge in [-0.05, 0) is 64.3 Å². The first-order valence-corrected chi connectivity index (χ1v) is 11.7. The van der Waals surface area contributed by atoms with Gasteiger partial charge in [-0.2, -0.15) is 5.10 Å². The molecular formula is C28H30N2O3. The second kappa shape index (κ2) is 8.89. The monoisotopic (exact) mass is 442 g/mol. The molecule has 0 heterocycles. The van der Waals surface area contributed by atoms with Crippen LogP contribution in [-0.2, 0) is 11.4 Å². The summed E-state index contributed by atoms with van der Waals surface area (Å²) >= 11 is 0. The van der Waals surface area contributed by atoms with E-state index in [1.807, 2.05) is 36.4 Å². The highest BCUT2D eigenvalue weighted by Crippen LogP contribution is 2.66. The topological polar surface area (TPSA) is 59.9 Å². The number of hydrogen-bond donors (Lipinski definition) is 1. The summed E-state index contributed by atoms with van der Waals surface area (Å²) in [6.45, 7) is 2.69. The molecule has 0 aliphatic heterocycles. The lowest BCUT2D eigenvalue weighted by Gasteiger charge is -2.15. The van der Waals surface area contributed by atoms with Crippen LogP contribution in [0.4, 0.5) is 0 Å². The van der Waals surface area contributed by atoms with E-state index in [0.717, 1.165) is 24.0 Å². The number of nitrogens with one attached hydrogen (secondary N) is 1. The Bertz CT molecular complexity index is 1200. The molecule has 2 saturated carbocycles. The molecule has 2 fully saturated rings. The minimum Gasteiger partial charge on any atom is -0.493 e. The van der Waals surface area contributed by atoms with Gasteiger partial charge >= 0.3 is 0 Å². The van der Waals surface area contributed by atoms with Crippen molar-refractivity contribution in [1.82, 2.24) is 5.43 Å². The summed E-state index contributed by atoms with van der Waals surface area (Å²) in [5.41, 5.74) is 4.89. The van der Waals surface area contributed by atoms with Crippen molar-refractivity contribution < 1.29 is 14.3 Å². The first-order chi connectivity index (χ1) is 16.1. The molecule has 1 N–H and O–H groups in total. The Balaban J connectivity index is 1.22. The number of carbonyl (C=O) groups is 1. The van der Waals surface area contributed by atoms with E-state index in [1.54, 1.807) is 13.3 Å². The van der Waals surface area contributed by atoms with Gasteiger partial charge in [-0.1, -0.05) is 62.2 Å². The zero-order valence-electron chi connectivity index (χ0n) is 19.2. The fourth-order valence-corrected chi connectivity index (χ4v) is 5.55. The average molecular weight is 443 g/mol. The van der Waals surface area contributed by atoms with Crippen LogP contribution in [0.25, 0.3) is 10.8 Å². The van der Waals surface area contributed by atoms with E-state index in [0.29, 0.717) is 24.0 Å². The van der Waals surface area contributed by atoms with Crippen LogP contribution in [-0.4, -0.2) is 19.2 Å². The standard InChI is InChI=1S/C28H30N2O3/c1-28-15-6-5-12-23(28)26(28)27(31)30-29-17-19-13-14-24(25(16-19)32-2)33-18-21-10-7-9-20-8-3-4-11-22(20)21/h3-4,7-11,13-14,16-17,23,26H,5-6,12,15,18H2,1-2H3,(H,30,31)/b29-17-/t23-,26+,28-/m1/s1. The summed E-state index contributed by atoms with van der Waals surface area (Å²) in [5.74, 6) is 1.98. The number of amides is 1. The number of nitrogens with zero attached hydrogens (tertiary/aromatic N) is 1. The molecule has 0 radical (unpaired) electrons. The summed E-state index contributed by atoms with van der Waals surface area (Å²) in [6, 6.07) is 20.2. The Morgan fingerprint density at radius 1 is 1.12 bits per heavy atom. The fourth-order valence-electron chi connectivity index (χ4n) is 5.55. The highest BCUT2D eigenvalue weighted by atomic mass is 16.5. The maximum Gasteiger partial charge on any atom is 0.244 e. The van der Waals surface area contributed by atoms with Crippen molar-refractivity contribution in [2.45, 2.75) is 39.2 Å². The predicted molar refractivity (Wildman–Crippen MR) is 131 cm³/mol. The van der Waals surface area contributed by atoms with Crippen LogP contribution in [0.1, 0.15) is 43.7 Å². The quantitative estimate of drug-likeness (QED) is 0.377. The number of hydrazone groups is 1. The van der Waals surface area contributed by atoms with E-state index < -0.39 is 0 Å². The van der Waals surface area contributed by atoms with Crippen LogP contribution < -0.4 is 14.9 Å².